The van der Waals surface area contributed by atoms with Crippen molar-refractivity contribution in [3.63, 3.8) is 0 Å². The predicted molar refractivity (Wildman–Crippen MR) is 303 cm³/mol. The highest BCUT2D eigenvalue weighted by atomic mass is 35.6. The summed E-state index contributed by atoms with van der Waals surface area (Å²) >= 11 is 18.7. The lowest BCUT2D eigenvalue weighted by Gasteiger charge is -2.48. The van der Waals surface area contributed by atoms with Crippen LogP contribution >= 0.6 is 34.8 Å². The quantitative estimate of drug-likeness (QED) is 0.0260. The number of carbonyl (C=O) groups excluding carboxylic acids is 7. The van der Waals surface area contributed by atoms with E-state index < -0.39 is 126 Å². The molecule has 9 rings (SSSR count). The Hall–Kier alpha value is -8.95. The van der Waals surface area contributed by atoms with Crippen molar-refractivity contribution in [2.45, 2.75) is 65.2 Å². The number of hydrogen-bond donors (Lipinski definition) is 1. The molecule has 7 aromatic carbocycles. The van der Waals surface area contributed by atoms with Gasteiger partial charge in [0.25, 0.3) is 3.79 Å². The zero-order valence-corrected chi connectivity index (χ0v) is 46.6. The van der Waals surface area contributed by atoms with E-state index in [0.29, 0.717) is 0 Å². The lowest BCUT2D eigenvalue weighted by Crippen LogP contribution is -2.67. The monoisotopic (exact) mass is 1210 g/mol. The molecule has 0 radical (unpaired) electrons. The molecule has 19 nitrogen and oxygen atoms in total. The van der Waals surface area contributed by atoms with Gasteiger partial charge in [0.2, 0.25) is 12.2 Å². The lowest BCUT2D eigenvalue weighted by molar-refractivity contribution is -0.356. The van der Waals surface area contributed by atoms with Gasteiger partial charge in [0, 0.05) is 0 Å². The van der Waals surface area contributed by atoms with Gasteiger partial charge >= 0.3 is 41.8 Å². The van der Waals surface area contributed by atoms with E-state index in [2.05, 4.69) is 0 Å². The number of halogens is 3. The van der Waals surface area contributed by atoms with Crippen molar-refractivity contribution in [2.75, 3.05) is 13.2 Å². The van der Waals surface area contributed by atoms with E-state index in [0.717, 1.165) is 0 Å². The molecule has 2 aliphatic heterocycles. The Labute approximate surface area is 500 Å². The minimum atomic E-state index is -2.65. The van der Waals surface area contributed by atoms with Crippen LogP contribution in [0.2, 0.25) is 0 Å². The third kappa shape index (κ3) is 15.8. The average Bonchev–Trinajstić information content (AvgIpc) is 3.05. The Balaban J connectivity index is 1.22. The van der Waals surface area contributed by atoms with Crippen LogP contribution in [0.15, 0.2) is 212 Å². The molecule has 0 saturated carbocycles. The molecule has 0 aliphatic carbocycles. The molecule has 10 atom stereocenters. The summed E-state index contributed by atoms with van der Waals surface area (Å²) in [5, 5.41) is 8.84. The molecular formula is C63H50Cl3NO18. The number of hydrogen-bond acceptors (Lipinski definition) is 19. The van der Waals surface area contributed by atoms with Crippen molar-refractivity contribution in [3.8, 4) is 0 Å². The smallest absolute Gasteiger partial charge is 0.338 e. The number of rotatable bonds is 19. The highest BCUT2D eigenvalue weighted by Gasteiger charge is 2.59. The summed E-state index contributed by atoms with van der Waals surface area (Å²) < 4.78 is 66.2. The fraction of sp³-hybridized carbons (Fsp3) is 0.206. The minimum Gasteiger partial charge on any atom is -0.459 e. The second kappa shape index (κ2) is 28.6. The van der Waals surface area contributed by atoms with Crippen LogP contribution in [-0.4, -0.2) is 126 Å². The van der Waals surface area contributed by atoms with Crippen molar-refractivity contribution in [2.24, 2.45) is 0 Å². The first-order valence-electron chi connectivity index (χ1n) is 26.1. The van der Waals surface area contributed by atoms with E-state index >= 15 is 0 Å². The van der Waals surface area contributed by atoms with Crippen LogP contribution in [0.1, 0.15) is 72.5 Å². The molecule has 0 bridgehead atoms. The van der Waals surface area contributed by atoms with Gasteiger partial charge < -0.3 is 52.1 Å². The van der Waals surface area contributed by atoms with Crippen LogP contribution in [0.25, 0.3) is 0 Å². The first kappa shape index (κ1) is 60.6. The van der Waals surface area contributed by atoms with Gasteiger partial charge in [0.05, 0.1) is 38.9 Å². The summed E-state index contributed by atoms with van der Waals surface area (Å²) in [5.41, 5.74) is 0.0312. The normalized spacial score (nSPS) is 21.8. The number of nitrogens with one attached hydrogen (secondary N) is 1. The van der Waals surface area contributed by atoms with Crippen molar-refractivity contribution < 1.29 is 85.7 Å². The predicted octanol–water partition coefficient (Wildman–Crippen LogP) is 10.0. The third-order valence-electron chi connectivity index (χ3n) is 13.0. The van der Waals surface area contributed by atoms with E-state index in [1.54, 1.807) is 103 Å². The molecule has 1 N–H and O–H groups in total. The van der Waals surface area contributed by atoms with E-state index in [9.17, 15) is 33.6 Å². The Morgan fingerprint density at radius 3 is 0.871 bits per heavy atom. The van der Waals surface area contributed by atoms with E-state index in [4.69, 9.17) is 92.3 Å². The van der Waals surface area contributed by atoms with E-state index in [1.807, 2.05) is 0 Å². The van der Waals surface area contributed by atoms with Gasteiger partial charge in [0.15, 0.2) is 42.9 Å². The van der Waals surface area contributed by atoms with Crippen molar-refractivity contribution >= 4 is 82.5 Å². The van der Waals surface area contributed by atoms with Crippen LogP contribution in [0.5, 0.6) is 0 Å². The Bertz CT molecular complexity index is 3420. The zero-order valence-electron chi connectivity index (χ0n) is 44.4. The topological polar surface area (TPSA) is 245 Å². The van der Waals surface area contributed by atoms with Gasteiger partial charge in [-0.05, 0) is 84.9 Å². The minimum absolute atomic E-state index is 0.00535. The fourth-order valence-electron chi connectivity index (χ4n) is 8.85. The molecule has 2 aliphatic rings. The first-order valence-corrected chi connectivity index (χ1v) is 27.3. The van der Waals surface area contributed by atoms with Crippen LogP contribution in [0.3, 0.4) is 0 Å². The highest BCUT2D eigenvalue weighted by Crippen LogP contribution is 2.39. The molecule has 2 saturated heterocycles. The Morgan fingerprint density at radius 2 is 0.576 bits per heavy atom. The number of alkyl halides is 3. The van der Waals surface area contributed by atoms with Crippen molar-refractivity contribution in [1.82, 2.24) is 0 Å². The fourth-order valence-corrected chi connectivity index (χ4v) is 8.98. The molecule has 436 valence electrons. The standard InChI is InChI=1S/C63H50Cl3NO18/c64-63(65,66)62(67)85-61-52(50(82-58(73)43-32-18-6-19-33-43)48(80-56(71)41-28-14-4-15-29-41)46(78-61)37-76-54(69)39-24-10-2-11-25-39)84-60-51(83-59(74)44-34-20-7-21-35-44)49(81-57(72)42-30-16-5-17-31-42)47(79-55(70)40-26-12-3-13-27-40)45(77-60)36-75-53(68)38-22-8-1-9-23-38/h1-35,45-52,60-61,67H,36-37H2/t45-,46-,47-,48-,49+,50+,51-,52-,60+,61-/m1/s1. The molecular weight excluding hydrogens is 1170 g/mol. The number of ether oxygens (including phenoxy) is 11. The first-order chi connectivity index (χ1) is 41.1. The van der Waals surface area contributed by atoms with Gasteiger partial charge in [0.1, 0.15) is 25.4 Å². The zero-order chi connectivity index (χ0) is 59.9. The molecule has 22 heteroatoms. The number of benzene rings is 7. The number of esters is 7. The van der Waals surface area contributed by atoms with Crippen molar-refractivity contribution in [1.29, 1.82) is 5.41 Å². The molecule has 0 unspecified atom stereocenters. The maximum atomic E-state index is 14.6. The summed E-state index contributed by atoms with van der Waals surface area (Å²) in [6, 6.07) is 53.4. The summed E-state index contributed by atoms with van der Waals surface area (Å²) in [6.45, 7) is -1.59. The Kier molecular flexibility index (Phi) is 20.4. The van der Waals surface area contributed by atoms with Crippen LogP contribution < -0.4 is 0 Å². The maximum absolute atomic E-state index is 14.6. The van der Waals surface area contributed by atoms with Gasteiger partial charge in [-0.1, -0.05) is 162 Å². The van der Waals surface area contributed by atoms with Gasteiger partial charge in [-0.25, -0.2) is 33.6 Å². The summed E-state index contributed by atoms with van der Waals surface area (Å²) in [6.07, 6.45) is -19.9. The summed E-state index contributed by atoms with van der Waals surface area (Å²) in [4.78, 5) is 99.8. The second-order valence-electron chi connectivity index (χ2n) is 18.7. The van der Waals surface area contributed by atoms with Crippen LogP contribution in [0, 0.1) is 5.41 Å². The van der Waals surface area contributed by atoms with Gasteiger partial charge in [-0.2, -0.15) is 0 Å². The second-order valence-corrected chi connectivity index (χ2v) is 21.0. The Morgan fingerprint density at radius 1 is 0.329 bits per heavy atom. The molecule has 2 fully saturated rings. The number of carbonyl (C=O) groups is 7. The lowest BCUT2D eigenvalue weighted by atomic mass is 9.95. The molecule has 2 heterocycles. The highest BCUT2D eigenvalue weighted by molar-refractivity contribution is 6.76. The van der Waals surface area contributed by atoms with E-state index in [-0.39, 0.29) is 38.9 Å². The average molecular weight is 1220 g/mol. The molecule has 0 spiro atoms. The SMILES string of the molecule is N=C(O[C@H]1O[C@H](COC(=O)c2ccccc2)[C@@H](OC(=O)c2ccccc2)[C@H](OC(=O)c2ccccc2)[C@H]1O[C@@H]1O[C@H](COC(=O)c2ccccc2)[C@@H](OC(=O)c2ccccc2)[C@H](OC(=O)c2ccccc2)[C@H]1OC(=O)c1ccccc1)C(Cl)(Cl)Cl. The molecule has 0 aromatic heterocycles. The van der Waals surface area contributed by atoms with Crippen molar-refractivity contribution in [3.05, 3.63) is 251 Å². The van der Waals surface area contributed by atoms with Crippen LogP contribution in [-0.2, 0) is 52.1 Å². The largest absolute Gasteiger partial charge is 0.459 e. The summed E-state index contributed by atoms with van der Waals surface area (Å²) in [5.74, 6) is -8.13. The molecule has 0 amide bonds. The van der Waals surface area contributed by atoms with Gasteiger partial charge in [-0.3, -0.25) is 5.41 Å². The van der Waals surface area contributed by atoms with Gasteiger partial charge in [-0.15, -0.1) is 0 Å². The summed E-state index contributed by atoms with van der Waals surface area (Å²) in [7, 11) is 0. The molecule has 85 heavy (non-hydrogen) atoms. The van der Waals surface area contributed by atoms with Crippen LogP contribution in [0.4, 0.5) is 0 Å². The third-order valence-corrected chi connectivity index (χ3v) is 13.5. The molecule has 7 aromatic rings. The maximum Gasteiger partial charge on any atom is 0.338 e. The van der Waals surface area contributed by atoms with E-state index in [1.165, 1.54) is 109 Å².